The van der Waals surface area contributed by atoms with Gasteiger partial charge in [-0.1, -0.05) is 5.21 Å². The maximum Gasteiger partial charge on any atom is 0.188 e. The number of β-amino-alcohol motifs (C(OH)–C–C–N with tert-alkyl or cyclic N) is 1. The summed E-state index contributed by atoms with van der Waals surface area (Å²) in [5, 5.41) is 23.1. The Balaban J connectivity index is 1.89. The molecule has 2 heterocycles. The Labute approximate surface area is 81.1 Å². The van der Waals surface area contributed by atoms with Gasteiger partial charge in [-0.15, -0.1) is 10.2 Å². The highest BCUT2D eigenvalue weighted by atomic mass is 16.5. The Hall–Kier alpha value is -1.05. The van der Waals surface area contributed by atoms with Gasteiger partial charge in [-0.05, 0) is 0 Å². The summed E-state index contributed by atoms with van der Waals surface area (Å²) in [5.74, 6) is 0.633. The number of ether oxygens (including phenoxy) is 1. The third kappa shape index (κ3) is 1.89. The summed E-state index contributed by atoms with van der Waals surface area (Å²) < 4.78 is 5.12. The van der Waals surface area contributed by atoms with E-state index < -0.39 is 6.10 Å². The fourth-order valence-corrected chi connectivity index (χ4v) is 1.64. The van der Waals surface area contributed by atoms with Gasteiger partial charge in [0.15, 0.2) is 5.82 Å². The number of nitrogens with one attached hydrogen (secondary N) is 1. The maximum atomic E-state index is 9.56. The van der Waals surface area contributed by atoms with Crippen LogP contribution in [0.2, 0.25) is 0 Å². The van der Waals surface area contributed by atoms with E-state index in [-0.39, 0.29) is 6.10 Å². The van der Waals surface area contributed by atoms with Gasteiger partial charge in [0, 0.05) is 20.2 Å². The molecule has 0 saturated carbocycles. The number of hydrogen-bond acceptors (Lipinski definition) is 6. The van der Waals surface area contributed by atoms with Crippen molar-refractivity contribution in [2.45, 2.75) is 18.8 Å². The first-order valence-electron chi connectivity index (χ1n) is 4.45. The molecule has 0 aromatic carbocycles. The van der Waals surface area contributed by atoms with Gasteiger partial charge in [-0.3, -0.25) is 4.90 Å². The highest BCUT2D eigenvalue weighted by Crippen LogP contribution is 2.14. The minimum absolute atomic E-state index is 0.109. The van der Waals surface area contributed by atoms with Crippen molar-refractivity contribution < 1.29 is 9.84 Å². The summed E-state index contributed by atoms with van der Waals surface area (Å²) in [5.41, 5.74) is 0. The Kier molecular flexibility index (Phi) is 2.71. The Morgan fingerprint density at radius 3 is 3.07 bits per heavy atom. The fourth-order valence-electron chi connectivity index (χ4n) is 1.64. The fraction of sp³-hybridized carbons (Fsp3) is 0.857. The number of H-pyrrole nitrogens is 1. The lowest BCUT2D eigenvalue weighted by Gasteiger charge is -2.11. The highest BCUT2D eigenvalue weighted by Gasteiger charge is 2.31. The number of tetrazole rings is 1. The van der Waals surface area contributed by atoms with Gasteiger partial charge in [-0.25, -0.2) is 0 Å². The van der Waals surface area contributed by atoms with Crippen molar-refractivity contribution in [2.75, 3.05) is 20.2 Å². The SMILES string of the molecule is CO[C@@H]1CN(Cc2nn[nH]n2)C[C@H]1O. The van der Waals surface area contributed by atoms with E-state index in [2.05, 4.69) is 20.6 Å². The number of rotatable bonds is 3. The van der Waals surface area contributed by atoms with Gasteiger partial charge in [-0.2, -0.15) is 5.21 Å². The van der Waals surface area contributed by atoms with Crippen LogP contribution < -0.4 is 0 Å². The topological polar surface area (TPSA) is 87.2 Å². The molecule has 0 aliphatic carbocycles. The second-order valence-electron chi connectivity index (χ2n) is 3.36. The van der Waals surface area contributed by atoms with Crippen molar-refractivity contribution in [3.8, 4) is 0 Å². The summed E-state index contributed by atoms with van der Waals surface area (Å²) in [7, 11) is 1.60. The van der Waals surface area contributed by atoms with Gasteiger partial charge in [0.25, 0.3) is 0 Å². The minimum Gasteiger partial charge on any atom is -0.389 e. The van der Waals surface area contributed by atoms with E-state index in [0.29, 0.717) is 25.5 Å². The van der Waals surface area contributed by atoms with E-state index in [1.165, 1.54) is 0 Å². The van der Waals surface area contributed by atoms with Gasteiger partial charge in [0.1, 0.15) is 0 Å². The number of methoxy groups -OCH3 is 1. The smallest absolute Gasteiger partial charge is 0.188 e. The predicted molar refractivity (Wildman–Crippen MR) is 46.3 cm³/mol. The molecular weight excluding hydrogens is 186 g/mol. The molecule has 0 bridgehead atoms. The normalized spacial score (nSPS) is 28.4. The summed E-state index contributed by atoms with van der Waals surface area (Å²) in [4.78, 5) is 2.03. The third-order valence-electron chi connectivity index (χ3n) is 2.37. The largest absolute Gasteiger partial charge is 0.389 e. The van der Waals surface area contributed by atoms with Crippen LogP contribution in [0, 0.1) is 0 Å². The molecule has 1 aromatic rings. The molecule has 1 saturated heterocycles. The standard InChI is InChI=1S/C7H13N5O2/c1-14-6-3-12(2-5(6)13)4-7-8-10-11-9-7/h5-6,13H,2-4H2,1H3,(H,8,9,10,11)/t5-,6-/m1/s1. The van der Waals surface area contributed by atoms with E-state index in [1.807, 2.05) is 4.90 Å². The number of aromatic nitrogens is 4. The molecule has 0 unspecified atom stereocenters. The third-order valence-corrected chi connectivity index (χ3v) is 2.37. The number of likely N-dealkylation sites (tertiary alicyclic amines) is 1. The molecule has 0 amide bonds. The van der Waals surface area contributed by atoms with Crippen molar-refractivity contribution in [3.05, 3.63) is 5.82 Å². The van der Waals surface area contributed by atoms with E-state index in [9.17, 15) is 5.11 Å². The lowest BCUT2D eigenvalue weighted by atomic mass is 10.3. The van der Waals surface area contributed by atoms with Crippen LogP contribution in [-0.4, -0.2) is 63.0 Å². The van der Waals surface area contributed by atoms with Gasteiger partial charge >= 0.3 is 0 Å². The Bertz CT molecular complexity index is 278. The number of aliphatic hydroxyl groups is 1. The molecule has 1 fully saturated rings. The lowest BCUT2D eigenvalue weighted by Crippen LogP contribution is -2.25. The van der Waals surface area contributed by atoms with Crippen molar-refractivity contribution in [2.24, 2.45) is 0 Å². The second-order valence-corrected chi connectivity index (χ2v) is 3.36. The van der Waals surface area contributed by atoms with Crippen LogP contribution in [0.4, 0.5) is 0 Å². The van der Waals surface area contributed by atoms with Gasteiger partial charge in [0.2, 0.25) is 0 Å². The van der Waals surface area contributed by atoms with Crippen LogP contribution in [0.1, 0.15) is 5.82 Å². The minimum atomic E-state index is -0.424. The molecule has 1 aliphatic rings. The molecule has 0 radical (unpaired) electrons. The number of aromatic amines is 1. The van der Waals surface area contributed by atoms with Crippen molar-refractivity contribution in [1.29, 1.82) is 0 Å². The number of aliphatic hydroxyl groups excluding tert-OH is 1. The van der Waals surface area contributed by atoms with Crippen LogP contribution in [0.15, 0.2) is 0 Å². The van der Waals surface area contributed by atoms with Crippen molar-refractivity contribution in [3.63, 3.8) is 0 Å². The maximum absolute atomic E-state index is 9.56. The molecule has 2 atom stereocenters. The summed E-state index contributed by atoms with van der Waals surface area (Å²) >= 11 is 0. The molecule has 1 aromatic heterocycles. The molecule has 2 N–H and O–H groups in total. The molecule has 7 nitrogen and oxygen atoms in total. The quantitative estimate of drug-likeness (QED) is 0.609. The summed E-state index contributed by atoms with van der Waals surface area (Å²) in [6, 6.07) is 0. The highest BCUT2D eigenvalue weighted by molar-refractivity contribution is 4.87. The van der Waals surface area contributed by atoms with E-state index in [1.54, 1.807) is 7.11 Å². The molecule has 0 spiro atoms. The average molecular weight is 199 g/mol. The molecule has 7 heteroatoms. The van der Waals surface area contributed by atoms with Crippen LogP contribution in [0.5, 0.6) is 0 Å². The number of hydrogen-bond donors (Lipinski definition) is 2. The van der Waals surface area contributed by atoms with Gasteiger partial charge < -0.3 is 9.84 Å². The number of nitrogens with zero attached hydrogens (tertiary/aromatic N) is 4. The zero-order valence-corrected chi connectivity index (χ0v) is 7.92. The van der Waals surface area contributed by atoms with E-state index >= 15 is 0 Å². The van der Waals surface area contributed by atoms with Crippen LogP contribution in [0.3, 0.4) is 0 Å². The molecule has 1 aliphatic heterocycles. The monoisotopic (exact) mass is 199 g/mol. The van der Waals surface area contributed by atoms with E-state index in [0.717, 1.165) is 0 Å². The van der Waals surface area contributed by atoms with E-state index in [4.69, 9.17) is 4.74 Å². The van der Waals surface area contributed by atoms with Crippen LogP contribution in [-0.2, 0) is 11.3 Å². The summed E-state index contributed by atoms with van der Waals surface area (Å²) in [6.45, 7) is 1.88. The predicted octanol–water partition coefficient (Wildman–Crippen LogP) is -1.61. The molecule has 78 valence electrons. The molecule has 14 heavy (non-hydrogen) atoms. The second kappa shape index (κ2) is 3.99. The Morgan fingerprint density at radius 1 is 1.64 bits per heavy atom. The van der Waals surface area contributed by atoms with Crippen molar-refractivity contribution >= 4 is 0 Å². The Morgan fingerprint density at radius 2 is 2.50 bits per heavy atom. The summed E-state index contributed by atoms with van der Waals surface area (Å²) in [6.07, 6.45) is -0.534. The van der Waals surface area contributed by atoms with Crippen LogP contribution in [0.25, 0.3) is 0 Å². The lowest BCUT2D eigenvalue weighted by molar-refractivity contribution is 0.0214. The molecular formula is C7H13N5O2. The molecule has 2 rings (SSSR count). The zero-order chi connectivity index (χ0) is 9.97. The first-order valence-corrected chi connectivity index (χ1v) is 4.45. The average Bonchev–Trinajstić information content (AvgIpc) is 2.76. The first-order chi connectivity index (χ1) is 6.79. The van der Waals surface area contributed by atoms with Gasteiger partial charge in [0.05, 0.1) is 18.8 Å². The zero-order valence-electron chi connectivity index (χ0n) is 7.92. The first kappa shape index (κ1) is 9.50. The van der Waals surface area contributed by atoms with Crippen molar-refractivity contribution in [1.82, 2.24) is 25.5 Å². The van der Waals surface area contributed by atoms with Crippen LogP contribution >= 0.6 is 0 Å².